The number of piperidine rings is 1. The Morgan fingerprint density at radius 1 is 1.09 bits per heavy atom. The molecule has 4 nitrogen and oxygen atoms in total. The van der Waals surface area contributed by atoms with Gasteiger partial charge in [0.25, 0.3) is 0 Å². The molecule has 2 amide bonds. The molecule has 1 aromatic rings. The molecule has 6 heteroatoms. The summed E-state index contributed by atoms with van der Waals surface area (Å²) in [7, 11) is 2.24. The fourth-order valence-corrected chi connectivity index (χ4v) is 4.60. The van der Waals surface area contributed by atoms with Crippen molar-refractivity contribution < 1.29 is 4.79 Å². The summed E-state index contributed by atoms with van der Waals surface area (Å²) < 4.78 is 0. The predicted octanol–water partition coefficient (Wildman–Crippen LogP) is 3.63. The summed E-state index contributed by atoms with van der Waals surface area (Å²) in [6.45, 7) is 1.60. The summed E-state index contributed by atoms with van der Waals surface area (Å²) in [6.07, 6.45) is 4.83. The van der Waals surface area contributed by atoms with Gasteiger partial charge in [0, 0.05) is 41.9 Å². The van der Waals surface area contributed by atoms with E-state index in [4.69, 9.17) is 11.6 Å². The van der Waals surface area contributed by atoms with E-state index in [-0.39, 0.29) is 18.4 Å². The molecule has 0 N–H and O–H groups in total. The Morgan fingerprint density at radius 3 is 2.43 bits per heavy atom. The molecule has 0 spiro atoms. The second-order valence-corrected chi connectivity index (χ2v) is 7.22. The van der Waals surface area contributed by atoms with Gasteiger partial charge >= 0.3 is 6.03 Å². The molecule has 2 bridgehead atoms. The van der Waals surface area contributed by atoms with Crippen molar-refractivity contribution >= 4 is 35.7 Å². The minimum Gasteiger partial charge on any atom is -0.319 e. The number of urea groups is 1. The molecule has 3 aliphatic heterocycles. The molecule has 0 aromatic heterocycles. The Labute approximate surface area is 148 Å². The summed E-state index contributed by atoms with van der Waals surface area (Å²) in [6, 6.07) is 9.48. The van der Waals surface area contributed by atoms with Gasteiger partial charge < -0.3 is 9.80 Å². The number of hydrogen-bond donors (Lipinski definition) is 0. The lowest BCUT2D eigenvalue weighted by Crippen LogP contribution is -2.50. The maximum atomic E-state index is 12.8. The van der Waals surface area contributed by atoms with Gasteiger partial charge in [0.2, 0.25) is 0 Å². The summed E-state index contributed by atoms with van der Waals surface area (Å²) in [5.74, 6) is 0. The van der Waals surface area contributed by atoms with Crippen LogP contribution >= 0.6 is 24.0 Å². The van der Waals surface area contributed by atoms with E-state index in [1.54, 1.807) is 0 Å². The van der Waals surface area contributed by atoms with Crippen molar-refractivity contribution in [2.45, 2.75) is 43.8 Å². The van der Waals surface area contributed by atoms with Crippen LogP contribution in [-0.2, 0) is 0 Å². The Balaban J connectivity index is 0.00000156. The van der Waals surface area contributed by atoms with Gasteiger partial charge in [0.05, 0.1) is 0 Å². The maximum absolute atomic E-state index is 12.8. The smallest absolute Gasteiger partial charge is 0.319 e. The molecular formula is C17H23Cl2N3O. The Bertz CT molecular complexity index is 583. The van der Waals surface area contributed by atoms with Crippen molar-refractivity contribution in [2.75, 3.05) is 25.0 Å². The van der Waals surface area contributed by atoms with Crippen LogP contribution in [0.5, 0.6) is 0 Å². The maximum Gasteiger partial charge on any atom is 0.324 e. The molecule has 3 fully saturated rings. The lowest BCUT2D eigenvalue weighted by atomic mass is 9.97. The molecule has 1 aromatic carbocycles. The summed E-state index contributed by atoms with van der Waals surface area (Å²) >= 11 is 6.06. The minimum atomic E-state index is 0. The molecule has 0 saturated carbocycles. The predicted molar refractivity (Wildman–Crippen MR) is 95.7 cm³/mol. The molecule has 2 unspecified atom stereocenters. The average Bonchev–Trinajstić information content (AvgIpc) is 2.95. The van der Waals surface area contributed by atoms with E-state index in [0.717, 1.165) is 31.6 Å². The van der Waals surface area contributed by atoms with Gasteiger partial charge in [-0.25, -0.2) is 4.79 Å². The van der Waals surface area contributed by atoms with E-state index < -0.39 is 0 Å². The summed E-state index contributed by atoms with van der Waals surface area (Å²) in [4.78, 5) is 19.3. The SMILES string of the molecule is CN1C2CCC1CC(N1CCN(c3cccc(Cl)c3)C1=O)C2.Cl. The fraction of sp³-hybridized carbons (Fsp3) is 0.588. The van der Waals surface area contributed by atoms with Crippen LogP contribution in [0.15, 0.2) is 24.3 Å². The highest BCUT2D eigenvalue weighted by Crippen LogP contribution is 2.37. The van der Waals surface area contributed by atoms with Crippen LogP contribution in [0.3, 0.4) is 0 Å². The standard InChI is InChI=1S/C17H22ClN3O.ClH/c1-19-13-5-6-14(19)11-16(10-13)21-8-7-20(17(21)22)15-4-2-3-12(18)9-15;/h2-4,9,13-14,16H,5-8,10-11H2,1H3;1H. The molecule has 3 aliphatic rings. The average molecular weight is 356 g/mol. The van der Waals surface area contributed by atoms with Gasteiger partial charge in [-0.05, 0) is 50.9 Å². The molecule has 3 saturated heterocycles. The molecule has 126 valence electrons. The van der Waals surface area contributed by atoms with Gasteiger partial charge in [0.15, 0.2) is 0 Å². The number of fused-ring (bicyclic) bond motifs is 2. The number of benzene rings is 1. The number of hydrogen-bond acceptors (Lipinski definition) is 2. The Morgan fingerprint density at radius 2 is 1.78 bits per heavy atom. The van der Waals surface area contributed by atoms with Crippen molar-refractivity contribution in [1.82, 2.24) is 9.80 Å². The third-order valence-electron chi connectivity index (χ3n) is 5.68. The third kappa shape index (κ3) is 2.92. The summed E-state index contributed by atoms with van der Waals surface area (Å²) in [5, 5.41) is 0.682. The van der Waals surface area contributed by atoms with Crippen LogP contribution < -0.4 is 4.90 Å². The number of halogens is 2. The first kappa shape index (κ1) is 16.9. The molecular weight excluding hydrogens is 333 g/mol. The van der Waals surface area contributed by atoms with Crippen LogP contribution in [-0.4, -0.2) is 54.1 Å². The Kier molecular flexibility index (Phi) is 4.77. The van der Waals surface area contributed by atoms with Crippen molar-refractivity contribution in [3.8, 4) is 0 Å². The van der Waals surface area contributed by atoms with Crippen LogP contribution in [0, 0.1) is 0 Å². The number of anilines is 1. The zero-order valence-electron chi connectivity index (χ0n) is 13.3. The quantitative estimate of drug-likeness (QED) is 0.809. The number of carbonyl (C=O) groups is 1. The largest absolute Gasteiger partial charge is 0.324 e. The number of carbonyl (C=O) groups excluding carboxylic acids is 1. The highest BCUT2D eigenvalue weighted by molar-refractivity contribution is 6.30. The molecule has 23 heavy (non-hydrogen) atoms. The van der Waals surface area contributed by atoms with E-state index >= 15 is 0 Å². The molecule has 4 rings (SSSR count). The third-order valence-corrected chi connectivity index (χ3v) is 5.91. The van der Waals surface area contributed by atoms with Crippen LogP contribution in [0.25, 0.3) is 0 Å². The molecule has 3 heterocycles. The fourth-order valence-electron chi connectivity index (χ4n) is 4.41. The van der Waals surface area contributed by atoms with Crippen molar-refractivity contribution in [2.24, 2.45) is 0 Å². The normalized spacial score (nSPS) is 30.7. The van der Waals surface area contributed by atoms with E-state index in [1.807, 2.05) is 29.2 Å². The zero-order chi connectivity index (χ0) is 15.3. The monoisotopic (exact) mass is 355 g/mol. The highest BCUT2D eigenvalue weighted by atomic mass is 35.5. The van der Waals surface area contributed by atoms with Crippen molar-refractivity contribution in [3.05, 3.63) is 29.3 Å². The van der Waals surface area contributed by atoms with Crippen molar-refractivity contribution in [3.63, 3.8) is 0 Å². The van der Waals surface area contributed by atoms with Gasteiger partial charge in [-0.3, -0.25) is 4.90 Å². The topological polar surface area (TPSA) is 26.8 Å². The van der Waals surface area contributed by atoms with E-state index in [0.29, 0.717) is 23.1 Å². The molecule has 2 atom stereocenters. The first-order valence-corrected chi connectivity index (χ1v) is 8.57. The van der Waals surface area contributed by atoms with Crippen LogP contribution in [0.2, 0.25) is 5.02 Å². The van der Waals surface area contributed by atoms with Crippen molar-refractivity contribution in [1.29, 1.82) is 0 Å². The van der Waals surface area contributed by atoms with E-state index in [1.165, 1.54) is 12.8 Å². The lowest BCUT2D eigenvalue weighted by Gasteiger charge is -2.40. The van der Waals surface area contributed by atoms with E-state index in [2.05, 4.69) is 16.8 Å². The zero-order valence-corrected chi connectivity index (χ0v) is 14.9. The minimum absolute atomic E-state index is 0. The molecule has 0 radical (unpaired) electrons. The van der Waals surface area contributed by atoms with E-state index in [9.17, 15) is 4.79 Å². The number of nitrogens with zero attached hydrogens (tertiary/aromatic N) is 3. The summed E-state index contributed by atoms with van der Waals surface area (Å²) in [5.41, 5.74) is 0.913. The van der Waals surface area contributed by atoms with Gasteiger partial charge in [0.1, 0.15) is 0 Å². The first-order chi connectivity index (χ1) is 10.6. The van der Waals surface area contributed by atoms with Gasteiger partial charge in [-0.1, -0.05) is 17.7 Å². The number of amides is 2. The van der Waals surface area contributed by atoms with Crippen LogP contribution in [0.4, 0.5) is 10.5 Å². The Hall–Kier alpha value is -0.970. The molecule has 0 aliphatic carbocycles. The number of rotatable bonds is 2. The second kappa shape index (κ2) is 6.50. The van der Waals surface area contributed by atoms with Gasteiger partial charge in [-0.2, -0.15) is 0 Å². The lowest BCUT2D eigenvalue weighted by molar-refractivity contribution is 0.102. The van der Waals surface area contributed by atoms with Gasteiger partial charge in [-0.15, -0.1) is 12.4 Å². The van der Waals surface area contributed by atoms with Crippen LogP contribution in [0.1, 0.15) is 25.7 Å². The highest BCUT2D eigenvalue weighted by Gasteiger charge is 2.44. The first-order valence-electron chi connectivity index (χ1n) is 8.19. The second-order valence-electron chi connectivity index (χ2n) is 6.78.